The van der Waals surface area contributed by atoms with E-state index in [0.717, 1.165) is 4.90 Å². The number of rotatable bonds is 4. The van der Waals surface area contributed by atoms with Crippen molar-refractivity contribution in [3.05, 3.63) is 64.2 Å². The van der Waals surface area contributed by atoms with Crippen LogP contribution in [0.1, 0.15) is 19.4 Å². The Kier molecular flexibility index (Phi) is 4.29. The molecule has 2 aromatic carbocycles. The van der Waals surface area contributed by atoms with E-state index in [2.05, 4.69) is 6.07 Å². The summed E-state index contributed by atoms with van der Waals surface area (Å²) >= 11 is 1.34. The summed E-state index contributed by atoms with van der Waals surface area (Å²) in [4.78, 5) is 12.4. The number of hydrogen-bond acceptors (Lipinski definition) is 4. The van der Waals surface area contributed by atoms with Crippen molar-refractivity contribution in [2.24, 2.45) is 0 Å². The van der Waals surface area contributed by atoms with E-state index in [1.807, 2.05) is 30.3 Å². The van der Waals surface area contributed by atoms with Crippen LogP contribution in [0.3, 0.4) is 0 Å². The molecule has 0 aliphatic heterocycles. The van der Waals surface area contributed by atoms with Gasteiger partial charge in [-0.1, -0.05) is 36.0 Å². The highest BCUT2D eigenvalue weighted by atomic mass is 32.2. The molecule has 0 bridgehead atoms. The zero-order valence-electron chi connectivity index (χ0n) is 11.7. The summed E-state index contributed by atoms with van der Waals surface area (Å²) in [7, 11) is 0. The fourth-order valence-electron chi connectivity index (χ4n) is 1.82. The zero-order valence-corrected chi connectivity index (χ0v) is 12.6. The number of benzene rings is 2. The Morgan fingerprint density at radius 1 is 1.19 bits per heavy atom. The second-order valence-electron chi connectivity index (χ2n) is 5.09. The SMILES string of the molecule is CC(C)(C#N)c1ccc(Sc2ccccc2)c([N+](=O)[O-])c1. The molecule has 0 saturated carbocycles. The molecule has 0 fully saturated rings. The fourth-order valence-corrected chi connectivity index (χ4v) is 2.74. The first-order chi connectivity index (χ1) is 9.94. The van der Waals surface area contributed by atoms with E-state index in [4.69, 9.17) is 5.26 Å². The lowest BCUT2D eigenvalue weighted by atomic mass is 9.86. The van der Waals surface area contributed by atoms with Crippen molar-refractivity contribution >= 4 is 17.4 Å². The number of nitro groups is 1. The number of hydrogen-bond donors (Lipinski definition) is 0. The molecule has 5 heteroatoms. The molecule has 0 unspecified atom stereocenters. The molecule has 0 amide bonds. The van der Waals surface area contributed by atoms with Crippen molar-refractivity contribution in [1.82, 2.24) is 0 Å². The Morgan fingerprint density at radius 3 is 2.43 bits per heavy atom. The maximum Gasteiger partial charge on any atom is 0.283 e. The smallest absolute Gasteiger partial charge is 0.258 e. The summed E-state index contributed by atoms with van der Waals surface area (Å²) < 4.78 is 0. The van der Waals surface area contributed by atoms with E-state index < -0.39 is 10.3 Å². The second-order valence-corrected chi connectivity index (χ2v) is 6.21. The first-order valence-electron chi connectivity index (χ1n) is 6.37. The van der Waals surface area contributed by atoms with Crippen LogP contribution in [-0.4, -0.2) is 4.92 Å². The fraction of sp³-hybridized carbons (Fsp3) is 0.188. The van der Waals surface area contributed by atoms with Crippen LogP contribution >= 0.6 is 11.8 Å². The Morgan fingerprint density at radius 2 is 1.86 bits per heavy atom. The first-order valence-corrected chi connectivity index (χ1v) is 7.19. The molecular weight excluding hydrogens is 284 g/mol. The molecule has 0 N–H and O–H groups in total. The van der Waals surface area contributed by atoms with Crippen LogP contribution in [0.25, 0.3) is 0 Å². The third kappa shape index (κ3) is 3.41. The number of nitriles is 1. The van der Waals surface area contributed by atoms with Crippen molar-refractivity contribution < 1.29 is 4.92 Å². The van der Waals surface area contributed by atoms with Crippen LogP contribution in [0.2, 0.25) is 0 Å². The van der Waals surface area contributed by atoms with Crippen molar-refractivity contribution in [2.45, 2.75) is 29.1 Å². The normalized spacial score (nSPS) is 10.9. The highest BCUT2D eigenvalue weighted by Gasteiger charge is 2.24. The Bertz CT molecular complexity index is 706. The van der Waals surface area contributed by atoms with Gasteiger partial charge in [0.1, 0.15) is 0 Å². The van der Waals surface area contributed by atoms with Crippen LogP contribution in [-0.2, 0) is 5.41 Å². The zero-order chi connectivity index (χ0) is 15.5. The molecule has 0 radical (unpaired) electrons. The third-order valence-electron chi connectivity index (χ3n) is 3.13. The van der Waals surface area contributed by atoms with Crippen LogP contribution in [0.15, 0.2) is 58.3 Å². The topological polar surface area (TPSA) is 66.9 Å². The van der Waals surface area contributed by atoms with Gasteiger partial charge in [0.15, 0.2) is 0 Å². The molecule has 4 nitrogen and oxygen atoms in total. The number of nitro benzene ring substituents is 1. The lowest BCUT2D eigenvalue weighted by molar-refractivity contribution is -0.387. The standard InChI is InChI=1S/C16H14N2O2S/c1-16(2,11-17)12-8-9-15(14(10-12)18(19)20)21-13-6-4-3-5-7-13/h3-10H,1-2H3. The highest BCUT2D eigenvalue weighted by molar-refractivity contribution is 7.99. The van der Waals surface area contributed by atoms with E-state index in [1.165, 1.54) is 17.8 Å². The van der Waals surface area contributed by atoms with Crippen molar-refractivity contribution in [2.75, 3.05) is 0 Å². The van der Waals surface area contributed by atoms with Gasteiger partial charge in [-0.2, -0.15) is 5.26 Å². The van der Waals surface area contributed by atoms with Gasteiger partial charge in [0.25, 0.3) is 5.69 Å². The quantitative estimate of drug-likeness (QED) is 0.613. The van der Waals surface area contributed by atoms with Gasteiger partial charge in [0.2, 0.25) is 0 Å². The molecule has 0 saturated heterocycles. The maximum absolute atomic E-state index is 11.3. The molecule has 0 atom stereocenters. The lowest BCUT2D eigenvalue weighted by Crippen LogP contribution is -2.14. The summed E-state index contributed by atoms with van der Waals surface area (Å²) in [6.07, 6.45) is 0. The summed E-state index contributed by atoms with van der Waals surface area (Å²) in [5.74, 6) is 0. The summed E-state index contributed by atoms with van der Waals surface area (Å²) in [5, 5.41) is 20.4. The van der Waals surface area contributed by atoms with Gasteiger partial charge >= 0.3 is 0 Å². The lowest BCUT2D eigenvalue weighted by Gasteiger charge is -2.16. The summed E-state index contributed by atoms with van der Waals surface area (Å²) in [6, 6.07) is 16.6. The van der Waals surface area contributed by atoms with Crippen LogP contribution in [0.5, 0.6) is 0 Å². The molecular formula is C16H14N2O2S. The predicted molar refractivity (Wildman–Crippen MR) is 82.3 cm³/mol. The van der Waals surface area contributed by atoms with Gasteiger partial charge in [-0.25, -0.2) is 0 Å². The van der Waals surface area contributed by atoms with Crippen LogP contribution < -0.4 is 0 Å². The molecule has 0 aromatic heterocycles. The van der Waals surface area contributed by atoms with Crippen molar-refractivity contribution in [3.8, 4) is 6.07 Å². The van der Waals surface area contributed by atoms with Gasteiger partial charge in [0, 0.05) is 11.0 Å². The average molecular weight is 298 g/mol. The van der Waals surface area contributed by atoms with Gasteiger partial charge in [-0.15, -0.1) is 0 Å². The van der Waals surface area contributed by atoms with E-state index >= 15 is 0 Å². The predicted octanol–water partition coefficient (Wildman–Crippen LogP) is 4.55. The molecule has 0 aliphatic rings. The number of nitrogens with zero attached hydrogens (tertiary/aromatic N) is 2. The van der Waals surface area contributed by atoms with E-state index in [-0.39, 0.29) is 5.69 Å². The largest absolute Gasteiger partial charge is 0.283 e. The molecule has 0 spiro atoms. The van der Waals surface area contributed by atoms with Crippen molar-refractivity contribution in [1.29, 1.82) is 5.26 Å². The summed E-state index contributed by atoms with van der Waals surface area (Å²) in [5.41, 5.74) is -0.0699. The van der Waals surface area contributed by atoms with Gasteiger partial charge in [-0.3, -0.25) is 10.1 Å². The van der Waals surface area contributed by atoms with Crippen molar-refractivity contribution in [3.63, 3.8) is 0 Å². The molecule has 2 aromatic rings. The highest BCUT2D eigenvalue weighted by Crippen LogP contribution is 2.37. The Hall–Kier alpha value is -2.32. The molecule has 106 valence electrons. The monoisotopic (exact) mass is 298 g/mol. The molecule has 0 aliphatic carbocycles. The van der Waals surface area contributed by atoms with E-state index in [9.17, 15) is 10.1 Å². The second kappa shape index (κ2) is 5.98. The molecule has 21 heavy (non-hydrogen) atoms. The van der Waals surface area contributed by atoms with Gasteiger partial charge in [0.05, 0.1) is 21.3 Å². The van der Waals surface area contributed by atoms with Gasteiger partial charge < -0.3 is 0 Å². The third-order valence-corrected chi connectivity index (χ3v) is 4.20. The van der Waals surface area contributed by atoms with Crippen LogP contribution in [0, 0.1) is 21.4 Å². The van der Waals surface area contributed by atoms with E-state index in [0.29, 0.717) is 10.5 Å². The van der Waals surface area contributed by atoms with E-state index in [1.54, 1.807) is 26.0 Å². The minimum Gasteiger partial charge on any atom is -0.258 e. The average Bonchev–Trinajstić information content (AvgIpc) is 2.48. The van der Waals surface area contributed by atoms with Crippen LogP contribution in [0.4, 0.5) is 5.69 Å². The minimum absolute atomic E-state index is 0.0321. The molecule has 2 rings (SSSR count). The minimum atomic E-state index is -0.749. The first kappa shape index (κ1) is 15.1. The summed E-state index contributed by atoms with van der Waals surface area (Å²) in [6.45, 7) is 3.49. The Labute approximate surface area is 127 Å². The van der Waals surface area contributed by atoms with Gasteiger partial charge in [-0.05, 0) is 37.6 Å². The maximum atomic E-state index is 11.3. The molecule has 0 heterocycles. The Balaban J connectivity index is 2.44.